The first kappa shape index (κ1) is 16.5. The summed E-state index contributed by atoms with van der Waals surface area (Å²) in [4.78, 5) is 0. The smallest absolute Gasteiger partial charge is 0.306 e. The molecule has 0 aromatic heterocycles. The van der Waals surface area contributed by atoms with E-state index in [2.05, 4.69) is 31.9 Å². The van der Waals surface area contributed by atoms with Gasteiger partial charge in [0.2, 0.25) is 0 Å². The quantitative estimate of drug-likeness (QED) is 0.756. The third-order valence-corrected chi connectivity index (χ3v) is 4.16. The molecule has 2 nitrogen and oxygen atoms in total. The molecule has 0 bridgehead atoms. The molecule has 2 aromatic carbocycles. The van der Waals surface area contributed by atoms with Crippen molar-refractivity contribution < 1.29 is 19.0 Å². The van der Waals surface area contributed by atoms with Gasteiger partial charge in [-0.1, -0.05) is 56.1 Å². The van der Waals surface area contributed by atoms with E-state index in [0.717, 1.165) is 8.95 Å². The van der Waals surface area contributed by atoms with Crippen LogP contribution in [0, 0.1) is 0 Å². The molecule has 0 spiro atoms. The lowest BCUT2D eigenvalue weighted by Gasteiger charge is -2.28. The fourth-order valence-corrected chi connectivity index (χ4v) is 2.41. The molecule has 0 fully saturated rings. The van der Waals surface area contributed by atoms with Gasteiger partial charge in [0.15, 0.2) is 0 Å². The largest absolute Gasteiger partial charge is 0.382 e. The number of hydrogen-bond donors (Lipinski definition) is 2. The zero-order valence-electron chi connectivity index (χ0n) is 10.7. The van der Waals surface area contributed by atoms with Gasteiger partial charge in [0.1, 0.15) is 12.2 Å². The molecule has 21 heavy (non-hydrogen) atoms. The lowest BCUT2D eigenvalue weighted by Crippen LogP contribution is -2.33. The fourth-order valence-electron chi connectivity index (χ4n) is 1.88. The van der Waals surface area contributed by atoms with E-state index in [0.29, 0.717) is 0 Å². The molecule has 2 aromatic rings. The van der Waals surface area contributed by atoms with Gasteiger partial charge in [-0.3, -0.25) is 0 Å². The zero-order chi connectivity index (χ0) is 15.6. The average molecular weight is 422 g/mol. The maximum Gasteiger partial charge on any atom is 0.306 e. The SMILES string of the molecule is OC(c1ccc(Br)cc1)C(F)(F)C(O)c1ccc(Br)cc1. The van der Waals surface area contributed by atoms with Crippen LogP contribution in [0.4, 0.5) is 8.78 Å². The minimum Gasteiger partial charge on any atom is -0.382 e. The predicted molar refractivity (Wildman–Crippen MR) is 83.2 cm³/mol. The zero-order valence-corrected chi connectivity index (χ0v) is 13.9. The number of halogens is 4. The Morgan fingerprint density at radius 2 is 1.00 bits per heavy atom. The molecule has 0 aliphatic rings. The van der Waals surface area contributed by atoms with Crippen LogP contribution in [0.25, 0.3) is 0 Å². The van der Waals surface area contributed by atoms with Gasteiger partial charge in [0, 0.05) is 8.95 Å². The van der Waals surface area contributed by atoms with Crippen LogP contribution in [0.3, 0.4) is 0 Å². The van der Waals surface area contributed by atoms with E-state index >= 15 is 0 Å². The van der Waals surface area contributed by atoms with Crippen LogP contribution in [-0.2, 0) is 0 Å². The van der Waals surface area contributed by atoms with Gasteiger partial charge in [-0.2, -0.15) is 0 Å². The highest BCUT2D eigenvalue weighted by atomic mass is 79.9. The first-order chi connectivity index (χ1) is 9.82. The topological polar surface area (TPSA) is 40.5 Å². The normalized spacial score (nSPS) is 14.8. The van der Waals surface area contributed by atoms with Crippen molar-refractivity contribution >= 4 is 31.9 Å². The van der Waals surface area contributed by atoms with E-state index in [1.165, 1.54) is 24.3 Å². The van der Waals surface area contributed by atoms with Crippen molar-refractivity contribution in [1.29, 1.82) is 0 Å². The number of aliphatic hydroxyl groups is 2. The predicted octanol–water partition coefficient (Wildman–Crippen LogP) is 4.61. The van der Waals surface area contributed by atoms with E-state index < -0.39 is 18.1 Å². The van der Waals surface area contributed by atoms with Crippen molar-refractivity contribution in [2.24, 2.45) is 0 Å². The second kappa shape index (κ2) is 6.52. The molecule has 6 heteroatoms. The fraction of sp³-hybridized carbons (Fsp3) is 0.200. The van der Waals surface area contributed by atoms with Crippen molar-refractivity contribution in [2.75, 3.05) is 0 Å². The molecular formula is C15H12Br2F2O2. The molecule has 2 atom stereocenters. The third kappa shape index (κ3) is 3.69. The van der Waals surface area contributed by atoms with Crippen LogP contribution in [0.15, 0.2) is 57.5 Å². The summed E-state index contributed by atoms with van der Waals surface area (Å²) in [6.07, 6.45) is -4.19. The third-order valence-electron chi connectivity index (χ3n) is 3.10. The lowest BCUT2D eigenvalue weighted by atomic mass is 9.95. The maximum atomic E-state index is 14.3. The highest BCUT2D eigenvalue weighted by Crippen LogP contribution is 2.41. The average Bonchev–Trinajstić information content (AvgIpc) is 2.47. The van der Waals surface area contributed by atoms with Crippen LogP contribution < -0.4 is 0 Å². The Bertz CT molecular complexity index is 547. The molecule has 0 saturated carbocycles. The van der Waals surface area contributed by atoms with Gasteiger partial charge in [0.05, 0.1) is 0 Å². The Kier molecular flexibility index (Phi) is 5.14. The van der Waals surface area contributed by atoms with Gasteiger partial charge in [-0.05, 0) is 35.4 Å². The highest BCUT2D eigenvalue weighted by Gasteiger charge is 2.47. The Labute approximate surface area is 137 Å². The molecule has 112 valence electrons. The van der Waals surface area contributed by atoms with E-state index in [1.54, 1.807) is 24.3 Å². The van der Waals surface area contributed by atoms with Crippen molar-refractivity contribution in [3.8, 4) is 0 Å². The summed E-state index contributed by atoms with van der Waals surface area (Å²) in [6, 6.07) is 11.8. The summed E-state index contributed by atoms with van der Waals surface area (Å²) in [6.45, 7) is 0. The number of rotatable bonds is 4. The van der Waals surface area contributed by atoms with Gasteiger partial charge in [-0.25, -0.2) is 8.78 Å². The van der Waals surface area contributed by atoms with Crippen LogP contribution in [-0.4, -0.2) is 16.1 Å². The first-order valence-electron chi connectivity index (χ1n) is 6.07. The molecule has 0 heterocycles. The summed E-state index contributed by atoms with van der Waals surface area (Å²) in [7, 11) is 0. The van der Waals surface area contributed by atoms with Gasteiger partial charge >= 0.3 is 5.92 Å². The highest BCUT2D eigenvalue weighted by molar-refractivity contribution is 9.10. The first-order valence-corrected chi connectivity index (χ1v) is 7.66. The van der Waals surface area contributed by atoms with Gasteiger partial charge in [0.25, 0.3) is 0 Å². The van der Waals surface area contributed by atoms with Crippen molar-refractivity contribution in [1.82, 2.24) is 0 Å². The molecule has 0 amide bonds. The maximum absolute atomic E-state index is 14.3. The molecule has 2 N–H and O–H groups in total. The minimum absolute atomic E-state index is 0.0411. The summed E-state index contributed by atoms with van der Waals surface area (Å²) in [5.74, 6) is -3.71. The molecule has 0 saturated heterocycles. The Balaban J connectivity index is 2.27. The number of benzene rings is 2. The second-order valence-electron chi connectivity index (χ2n) is 4.58. The summed E-state index contributed by atoms with van der Waals surface area (Å²) < 4.78 is 30.0. The molecule has 0 aliphatic carbocycles. The van der Waals surface area contributed by atoms with Crippen LogP contribution in [0.1, 0.15) is 23.3 Å². The van der Waals surface area contributed by atoms with Gasteiger partial charge < -0.3 is 10.2 Å². The molecule has 2 rings (SSSR count). The summed E-state index contributed by atoms with van der Waals surface area (Å²) >= 11 is 6.39. The minimum atomic E-state index is -3.71. The number of aliphatic hydroxyl groups excluding tert-OH is 2. The van der Waals surface area contributed by atoms with Crippen molar-refractivity contribution in [3.05, 3.63) is 68.6 Å². The van der Waals surface area contributed by atoms with Crippen LogP contribution in [0.5, 0.6) is 0 Å². The monoisotopic (exact) mass is 420 g/mol. The Morgan fingerprint density at radius 3 is 1.29 bits per heavy atom. The molecule has 0 aliphatic heterocycles. The van der Waals surface area contributed by atoms with E-state index in [-0.39, 0.29) is 11.1 Å². The van der Waals surface area contributed by atoms with E-state index in [4.69, 9.17) is 0 Å². The van der Waals surface area contributed by atoms with E-state index in [1.807, 2.05) is 0 Å². The Hall–Kier alpha value is -0.820. The number of hydrogen-bond acceptors (Lipinski definition) is 2. The summed E-state index contributed by atoms with van der Waals surface area (Å²) in [5.41, 5.74) is 0.0822. The Morgan fingerprint density at radius 1 is 0.714 bits per heavy atom. The summed E-state index contributed by atoms with van der Waals surface area (Å²) in [5, 5.41) is 19.8. The van der Waals surface area contributed by atoms with Gasteiger partial charge in [-0.15, -0.1) is 0 Å². The van der Waals surface area contributed by atoms with Crippen molar-refractivity contribution in [2.45, 2.75) is 18.1 Å². The molecule has 2 unspecified atom stereocenters. The lowest BCUT2D eigenvalue weighted by molar-refractivity contribution is -0.181. The van der Waals surface area contributed by atoms with Crippen molar-refractivity contribution in [3.63, 3.8) is 0 Å². The molecular weight excluding hydrogens is 410 g/mol. The van der Waals surface area contributed by atoms with Crippen LogP contribution in [0.2, 0.25) is 0 Å². The number of alkyl halides is 2. The standard InChI is InChI=1S/C15H12Br2F2O2/c16-11-5-1-9(2-6-11)13(20)15(18,19)14(21)10-3-7-12(17)8-4-10/h1-8,13-14,20-21H. The van der Waals surface area contributed by atoms with E-state index in [9.17, 15) is 19.0 Å². The molecule has 0 radical (unpaired) electrons. The van der Waals surface area contributed by atoms with Crippen LogP contribution >= 0.6 is 31.9 Å². The second-order valence-corrected chi connectivity index (χ2v) is 6.41.